The van der Waals surface area contributed by atoms with E-state index < -0.39 is 17.9 Å². The van der Waals surface area contributed by atoms with E-state index in [9.17, 15) is 28.8 Å². The summed E-state index contributed by atoms with van der Waals surface area (Å²) in [4.78, 5) is 68.8. The van der Waals surface area contributed by atoms with Crippen molar-refractivity contribution in [3.8, 4) is 0 Å². The molecule has 0 spiro atoms. The van der Waals surface area contributed by atoms with Gasteiger partial charge >= 0.3 is 24.2 Å². The van der Waals surface area contributed by atoms with Crippen molar-refractivity contribution >= 4 is 36.1 Å². The van der Waals surface area contributed by atoms with Crippen LogP contribution in [0, 0.1) is 82.9 Å². The summed E-state index contributed by atoms with van der Waals surface area (Å²) >= 11 is 0. The lowest BCUT2D eigenvalue weighted by Crippen LogP contribution is -2.42. The molecule has 0 N–H and O–H groups in total. The summed E-state index contributed by atoms with van der Waals surface area (Å²) in [5, 5.41) is 0. The molecule has 756 valence electrons. The summed E-state index contributed by atoms with van der Waals surface area (Å²) in [6.07, 6.45) is 15.9. The molecule has 128 heavy (non-hydrogen) atoms. The first-order chi connectivity index (χ1) is 59.0. The molecule has 0 aromatic heterocycles. The van der Waals surface area contributed by atoms with Gasteiger partial charge in [0, 0.05) is 73.2 Å². The van der Waals surface area contributed by atoms with Crippen molar-refractivity contribution in [3.63, 3.8) is 0 Å². The van der Waals surface area contributed by atoms with Crippen molar-refractivity contribution in [2.24, 2.45) is 82.9 Å². The zero-order valence-corrected chi connectivity index (χ0v) is 89.0. The van der Waals surface area contributed by atoms with Crippen LogP contribution in [0.4, 0.5) is 9.59 Å². The summed E-state index contributed by atoms with van der Waals surface area (Å²) in [7, 11) is 3.56. The average Bonchev–Trinajstić information content (AvgIpc) is 1.55. The first-order valence-corrected chi connectivity index (χ1v) is 48.1. The Labute approximate surface area is 782 Å². The van der Waals surface area contributed by atoms with Crippen molar-refractivity contribution in [2.75, 3.05) is 73.4 Å². The van der Waals surface area contributed by atoms with E-state index in [4.69, 9.17) is 75.8 Å². The molecule has 8 rings (SSSR count). The maximum Gasteiger partial charge on any atom is 0.509 e. The number of rotatable bonds is 25. The van der Waals surface area contributed by atoms with E-state index in [1.165, 1.54) is 71.1 Å². The summed E-state index contributed by atoms with van der Waals surface area (Å²) in [6.45, 7) is 98.1. The van der Waals surface area contributed by atoms with Gasteiger partial charge in [-0.1, -0.05) is 194 Å². The van der Waals surface area contributed by atoms with Crippen molar-refractivity contribution in [1.29, 1.82) is 0 Å². The predicted molar refractivity (Wildman–Crippen MR) is 517 cm³/mol. The first kappa shape index (κ1) is 130. The Morgan fingerprint density at radius 1 is 0.438 bits per heavy atom. The quantitative estimate of drug-likeness (QED) is 0.0607. The Balaban J connectivity index is -0.000000428. The zero-order chi connectivity index (χ0) is 100. The van der Waals surface area contributed by atoms with E-state index >= 15 is 0 Å². The fourth-order valence-corrected chi connectivity index (χ4v) is 10.7. The molecule has 0 bridgehead atoms. The fraction of sp³-hybridized carbons (Fsp3) is 0.845. The molecule has 25 heteroatoms. The Morgan fingerprint density at radius 3 is 0.984 bits per heavy atom. The highest BCUT2D eigenvalue weighted by molar-refractivity contribution is 5.77. The second-order valence-electron chi connectivity index (χ2n) is 40.7. The predicted octanol–water partition coefficient (Wildman–Crippen LogP) is 25.4. The summed E-state index contributed by atoms with van der Waals surface area (Å²) < 4.78 is 87.0. The smallest absolute Gasteiger partial charge is 0.466 e. The largest absolute Gasteiger partial charge is 0.509 e. The van der Waals surface area contributed by atoms with E-state index in [1.807, 2.05) is 136 Å². The highest BCUT2D eigenvalue weighted by Gasteiger charge is 2.28. The van der Waals surface area contributed by atoms with E-state index in [-0.39, 0.29) is 66.5 Å². The van der Waals surface area contributed by atoms with Crippen molar-refractivity contribution < 1.29 is 109 Å². The van der Waals surface area contributed by atoms with Crippen molar-refractivity contribution in [2.45, 2.75) is 413 Å². The molecule has 0 saturated carbocycles. The monoisotopic (exact) mass is 1830 g/mol. The Hall–Kier alpha value is -6.60. The van der Waals surface area contributed by atoms with Gasteiger partial charge in [-0.15, -0.1) is 0 Å². The molecule has 2 amide bonds. The Bertz CT molecular complexity index is 2810. The van der Waals surface area contributed by atoms with Gasteiger partial charge in [-0.3, -0.25) is 19.2 Å². The summed E-state index contributed by atoms with van der Waals surface area (Å²) in [6, 6.07) is 0. The van der Waals surface area contributed by atoms with E-state index in [2.05, 4.69) is 142 Å². The minimum atomic E-state index is -0.589. The van der Waals surface area contributed by atoms with Gasteiger partial charge in [0.25, 0.3) is 23.8 Å². The molecule has 0 aromatic rings. The van der Waals surface area contributed by atoms with Crippen LogP contribution in [0.1, 0.15) is 347 Å². The van der Waals surface area contributed by atoms with Gasteiger partial charge in [-0.2, -0.15) is 0 Å². The fourth-order valence-electron chi connectivity index (χ4n) is 10.7. The number of esters is 2. The molecular formula is C103H196N2O23. The number of allylic oxidation sites excluding steroid dienone is 2. The molecule has 9 atom stereocenters. The van der Waals surface area contributed by atoms with Crippen LogP contribution in [0.5, 0.6) is 0 Å². The number of nitrogens with zero attached hydrogens (tertiary/aromatic N) is 2. The van der Waals surface area contributed by atoms with Gasteiger partial charge in [-0.25, -0.2) is 9.59 Å². The molecule has 7 fully saturated rings. The highest BCUT2D eigenvalue weighted by atomic mass is 16.8. The van der Waals surface area contributed by atoms with E-state index in [0.29, 0.717) is 140 Å². The van der Waals surface area contributed by atoms with Gasteiger partial charge in [0.05, 0.1) is 36.9 Å². The molecule has 0 aromatic carbocycles. The Morgan fingerprint density at radius 2 is 0.789 bits per heavy atom. The van der Waals surface area contributed by atoms with Crippen LogP contribution in [0.3, 0.4) is 0 Å². The summed E-state index contributed by atoms with van der Waals surface area (Å²) in [5.74, 6) is 10.8. The lowest BCUT2D eigenvalue weighted by Gasteiger charge is -2.31. The van der Waals surface area contributed by atoms with Crippen LogP contribution in [0.15, 0.2) is 61.6 Å². The number of ether oxygens (including phenoxy) is 17. The normalized spacial score (nSPS) is 19.3. The molecule has 8 aliphatic rings. The van der Waals surface area contributed by atoms with Gasteiger partial charge in [0.15, 0.2) is 0 Å². The number of amides is 2. The zero-order valence-electron chi connectivity index (χ0n) is 89.0. The number of carbonyl (C=O) groups excluding carboxylic acids is 6. The van der Waals surface area contributed by atoms with Crippen LogP contribution in [-0.2, 0) is 99.7 Å². The molecule has 7 saturated heterocycles. The third-order valence-corrected chi connectivity index (χ3v) is 19.4. The van der Waals surface area contributed by atoms with Crippen molar-refractivity contribution in [1.82, 2.24) is 9.80 Å². The number of hydrogen-bond donors (Lipinski definition) is 0. The first-order valence-electron chi connectivity index (χ1n) is 48.1. The van der Waals surface area contributed by atoms with Crippen LogP contribution < -0.4 is 0 Å². The van der Waals surface area contributed by atoms with Gasteiger partial charge in [-0.05, 0) is 230 Å². The topological polar surface area (TPSA) is 266 Å². The maximum absolute atomic E-state index is 11.2. The van der Waals surface area contributed by atoms with Gasteiger partial charge in [0.1, 0.15) is 73.6 Å². The van der Waals surface area contributed by atoms with Gasteiger partial charge < -0.3 is 90.3 Å². The number of hydrogen-bond acceptors (Lipinski definition) is 23. The highest BCUT2D eigenvalue weighted by Crippen LogP contribution is 2.29. The lowest BCUT2D eigenvalue weighted by atomic mass is 10.0. The third-order valence-electron chi connectivity index (χ3n) is 19.4. The molecule has 8 heterocycles. The lowest BCUT2D eigenvalue weighted by molar-refractivity contribution is -0.154. The van der Waals surface area contributed by atoms with Gasteiger partial charge in [0.2, 0.25) is 11.8 Å². The average molecular weight is 1830 g/mol. The molecule has 7 unspecified atom stereocenters. The molecule has 25 nitrogen and oxygen atoms in total. The van der Waals surface area contributed by atoms with Crippen LogP contribution in [0.25, 0.3) is 0 Å². The minimum Gasteiger partial charge on any atom is -0.466 e. The van der Waals surface area contributed by atoms with Crippen LogP contribution >= 0.6 is 0 Å². The number of carbonyl (C=O) groups is 6. The SMILES string of the molecule is C=C1OC(C)=C(CC(C)C)O1.C=C1OCC(C(C)C)O1.C=C1OCC(C(C)C)O1.C=C1OC[C@H](C(C)C)O1.CC(=O)OCC(C)C.CC(C)C(=O)OC(C)C(C)C.CC(C)C(C)OC(=O)OC(C)(C)C.CC(C)CC(=O)N(C)C.CC(C)CC(=O)N1CCC1.CC(C)CC1CCCO1.CC(C)CC1CCCO1.CC(C)C[C@H]1CCCO1.CC(C)OC(=O)OC(C)C(C)C. The maximum atomic E-state index is 11.2. The Kier molecular flexibility index (Phi) is 75.0. The minimum absolute atomic E-state index is 0.0174. The van der Waals surface area contributed by atoms with Crippen LogP contribution in [-0.4, -0.2) is 186 Å². The molecular weight excluding hydrogens is 1630 g/mol. The molecule has 0 radical (unpaired) electrons. The third kappa shape index (κ3) is 79.2. The molecule has 8 aliphatic heterocycles. The molecule has 0 aliphatic carbocycles. The second-order valence-corrected chi connectivity index (χ2v) is 40.7. The van der Waals surface area contributed by atoms with E-state index in [0.717, 1.165) is 75.0 Å². The second kappa shape index (κ2) is 73.9. The van der Waals surface area contributed by atoms with Crippen molar-refractivity contribution in [3.05, 3.63) is 61.6 Å². The standard InChI is InChI=1S/C10H20O3.C9H18O3.C9H14O2.C9H18O2.C8H15NO.3C8H16O.C7H15NO.3C7H12O2.C6H12O2/c1-7(2)8(3)12-9(11)13-10(4,5)6;1-6(2)8(5)12-9(10)11-7(3)4;1-6(2)5-9-7(3)10-8(4)11-9;1-6(2)8(5)11-9(10)7(3)4;1-7(2)6-8(10)9-4-3-5-9;3*1-7(2)6-8-4-3-5-9-8;1-6(2)5-7(9)8(3)4;3*1-5(2)7-4-8-6(3)9-7;1-5(2)4-8-6(3)7/h7-8H,1-6H3;6-8H,1-5H3;6H,4-5H2,1-3H3;6-8H,1-5H3;7H,3-6H2,1-2H3;3*7-8H,3-6H2,1-2H3;6H,5H2,1-4H3;3*5,7H,3-4H2,1-2H3;5H,4H2,1-3H3/t;;;;;8-;;;;7-;;;/m.....1...1.../s1. The number of likely N-dealkylation sites (tertiary alicyclic amines) is 1. The van der Waals surface area contributed by atoms with Crippen LogP contribution in [0.2, 0.25) is 0 Å². The summed E-state index contributed by atoms with van der Waals surface area (Å²) in [5.41, 5.74) is -0.478. The van der Waals surface area contributed by atoms with E-state index in [1.54, 1.807) is 32.8 Å².